The Labute approximate surface area is 132 Å². The van der Waals surface area contributed by atoms with Crippen molar-refractivity contribution < 1.29 is 4.79 Å². The number of anilines is 1. The van der Waals surface area contributed by atoms with Gasteiger partial charge in [-0.25, -0.2) is 0 Å². The molecule has 0 fully saturated rings. The molecule has 0 saturated heterocycles. The van der Waals surface area contributed by atoms with Gasteiger partial charge in [-0.05, 0) is 59.3 Å². The predicted octanol–water partition coefficient (Wildman–Crippen LogP) is 3.54. The van der Waals surface area contributed by atoms with E-state index in [4.69, 9.17) is 5.73 Å². The van der Waals surface area contributed by atoms with Gasteiger partial charge in [-0.15, -0.1) is 0 Å². The topological polar surface area (TPSA) is 46.3 Å². The first-order valence-electron chi connectivity index (χ1n) is 6.50. The molecule has 0 aliphatic heterocycles. The second-order valence-electron chi connectivity index (χ2n) is 4.53. The third-order valence-corrected chi connectivity index (χ3v) is 3.83. The lowest BCUT2D eigenvalue weighted by molar-refractivity contribution is 0.0753. The van der Waals surface area contributed by atoms with Crippen molar-refractivity contribution in [2.24, 2.45) is 0 Å². The molecule has 0 aliphatic rings. The molecule has 0 atom stereocenters. The van der Waals surface area contributed by atoms with Crippen LogP contribution in [0.4, 0.5) is 5.69 Å². The van der Waals surface area contributed by atoms with Gasteiger partial charge >= 0.3 is 0 Å². The molecule has 0 spiro atoms. The van der Waals surface area contributed by atoms with Crippen LogP contribution in [-0.4, -0.2) is 17.4 Å². The number of nitrogen functional groups attached to an aromatic ring is 1. The summed E-state index contributed by atoms with van der Waals surface area (Å²) >= 11 is 2.21. The number of hydrogen-bond acceptors (Lipinski definition) is 2. The lowest BCUT2D eigenvalue weighted by atomic mass is 10.1. The van der Waals surface area contributed by atoms with Gasteiger partial charge in [-0.1, -0.05) is 24.3 Å². The van der Waals surface area contributed by atoms with E-state index in [1.807, 2.05) is 55.5 Å². The largest absolute Gasteiger partial charge is 0.398 e. The number of carbonyl (C=O) groups excluding carboxylic acids is 1. The van der Waals surface area contributed by atoms with Crippen LogP contribution in [0.25, 0.3) is 0 Å². The molecule has 0 unspecified atom stereocenters. The standard InChI is InChI=1S/C16H17IN2O/c1-2-19(11-13-6-3-4-9-15(13)18)16(20)12-7-5-8-14(17)10-12/h3-10H,2,11,18H2,1H3. The summed E-state index contributed by atoms with van der Waals surface area (Å²) in [7, 11) is 0. The van der Waals surface area contributed by atoms with Gasteiger partial charge in [0.25, 0.3) is 5.91 Å². The van der Waals surface area contributed by atoms with Crippen molar-refractivity contribution in [2.75, 3.05) is 12.3 Å². The van der Waals surface area contributed by atoms with Crippen molar-refractivity contribution in [2.45, 2.75) is 13.5 Å². The van der Waals surface area contributed by atoms with Crippen LogP contribution in [-0.2, 0) is 6.54 Å². The van der Waals surface area contributed by atoms with E-state index in [-0.39, 0.29) is 5.91 Å². The van der Waals surface area contributed by atoms with E-state index in [1.165, 1.54) is 0 Å². The number of rotatable bonds is 4. The van der Waals surface area contributed by atoms with Crippen LogP contribution < -0.4 is 5.73 Å². The normalized spacial score (nSPS) is 10.3. The van der Waals surface area contributed by atoms with Gasteiger partial charge in [0.1, 0.15) is 0 Å². The van der Waals surface area contributed by atoms with E-state index in [0.29, 0.717) is 18.7 Å². The maximum absolute atomic E-state index is 12.5. The van der Waals surface area contributed by atoms with Crippen molar-refractivity contribution in [3.63, 3.8) is 0 Å². The third-order valence-electron chi connectivity index (χ3n) is 3.16. The molecule has 0 saturated carbocycles. The molecule has 2 aromatic rings. The zero-order valence-electron chi connectivity index (χ0n) is 11.3. The number of halogens is 1. The molecule has 3 nitrogen and oxygen atoms in total. The average molecular weight is 380 g/mol. The second kappa shape index (κ2) is 6.74. The molecule has 2 N–H and O–H groups in total. The summed E-state index contributed by atoms with van der Waals surface area (Å²) < 4.78 is 1.06. The monoisotopic (exact) mass is 380 g/mol. The molecule has 4 heteroatoms. The van der Waals surface area contributed by atoms with Crippen molar-refractivity contribution in [3.8, 4) is 0 Å². The van der Waals surface area contributed by atoms with E-state index in [0.717, 1.165) is 14.8 Å². The molecule has 0 radical (unpaired) electrons. The van der Waals surface area contributed by atoms with Crippen molar-refractivity contribution in [3.05, 3.63) is 63.2 Å². The van der Waals surface area contributed by atoms with Crippen LogP contribution in [0.2, 0.25) is 0 Å². The quantitative estimate of drug-likeness (QED) is 0.652. The fraction of sp³-hybridized carbons (Fsp3) is 0.188. The van der Waals surface area contributed by atoms with E-state index in [2.05, 4.69) is 22.6 Å². The van der Waals surface area contributed by atoms with Crippen LogP contribution in [0.5, 0.6) is 0 Å². The number of nitrogens with zero attached hydrogens (tertiary/aromatic N) is 1. The number of hydrogen-bond donors (Lipinski definition) is 1. The predicted molar refractivity (Wildman–Crippen MR) is 90.4 cm³/mol. The summed E-state index contributed by atoms with van der Waals surface area (Å²) in [6.07, 6.45) is 0. The zero-order chi connectivity index (χ0) is 14.5. The molecule has 2 aromatic carbocycles. The third kappa shape index (κ3) is 3.50. The van der Waals surface area contributed by atoms with Gasteiger partial charge in [0.2, 0.25) is 0 Å². The highest BCUT2D eigenvalue weighted by atomic mass is 127. The Morgan fingerprint density at radius 1 is 1.20 bits per heavy atom. The van der Waals surface area contributed by atoms with Crippen molar-refractivity contribution in [1.29, 1.82) is 0 Å². The highest BCUT2D eigenvalue weighted by Crippen LogP contribution is 2.16. The molecule has 20 heavy (non-hydrogen) atoms. The van der Waals surface area contributed by atoms with Crippen LogP contribution in [0.3, 0.4) is 0 Å². The number of carbonyl (C=O) groups is 1. The van der Waals surface area contributed by atoms with Gasteiger partial charge < -0.3 is 10.6 Å². The average Bonchev–Trinajstić information content (AvgIpc) is 2.46. The van der Waals surface area contributed by atoms with E-state index >= 15 is 0 Å². The molecule has 0 aromatic heterocycles. The van der Waals surface area contributed by atoms with Crippen LogP contribution >= 0.6 is 22.6 Å². The first-order valence-corrected chi connectivity index (χ1v) is 7.58. The molecule has 0 bridgehead atoms. The summed E-state index contributed by atoms with van der Waals surface area (Å²) in [5.41, 5.74) is 8.37. The Hall–Kier alpha value is -1.56. The van der Waals surface area contributed by atoms with E-state index < -0.39 is 0 Å². The molecule has 2 rings (SSSR count). The van der Waals surface area contributed by atoms with Crippen molar-refractivity contribution >= 4 is 34.2 Å². The fourth-order valence-corrected chi connectivity index (χ4v) is 2.56. The van der Waals surface area contributed by atoms with Crippen LogP contribution in [0.15, 0.2) is 48.5 Å². The Balaban J connectivity index is 2.20. The molecule has 0 aliphatic carbocycles. The summed E-state index contributed by atoms with van der Waals surface area (Å²) in [6.45, 7) is 3.16. The Morgan fingerprint density at radius 3 is 2.60 bits per heavy atom. The molecule has 1 amide bonds. The Kier molecular flexibility index (Phi) is 5.00. The van der Waals surface area contributed by atoms with Crippen LogP contribution in [0.1, 0.15) is 22.8 Å². The molecular formula is C16H17IN2O. The highest BCUT2D eigenvalue weighted by Gasteiger charge is 2.15. The fourth-order valence-electron chi connectivity index (χ4n) is 2.02. The number of benzene rings is 2. The van der Waals surface area contributed by atoms with Crippen LogP contribution in [0, 0.1) is 3.57 Å². The highest BCUT2D eigenvalue weighted by molar-refractivity contribution is 14.1. The zero-order valence-corrected chi connectivity index (χ0v) is 13.5. The summed E-state index contributed by atoms with van der Waals surface area (Å²) in [4.78, 5) is 14.3. The van der Waals surface area contributed by atoms with Crippen molar-refractivity contribution in [1.82, 2.24) is 4.90 Å². The Bertz CT molecular complexity index is 613. The maximum atomic E-state index is 12.5. The van der Waals surface area contributed by atoms with Gasteiger partial charge in [0, 0.05) is 27.9 Å². The number of para-hydroxylation sites is 1. The summed E-state index contributed by atoms with van der Waals surface area (Å²) in [6, 6.07) is 15.3. The minimum absolute atomic E-state index is 0.0364. The first kappa shape index (κ1) is 14.8. The second-order valence-corrected chi connectivity index (χ2v) is 5.77. The molecule has 104 valence electrons. The van der Waals surface area contributed by atoms with Gasteiger partial charge in [-0.3, -0.25) is 4.79 Å². The lowest BCUT2D eigenvalue weighted by Gasteiger charge is -2.22. The van der Waals surface area contributed by atoms with E-state index in [9.17, 15) is 4.79 Å². The SMILES string of the molecule is CCN(Cc1ccccc1N)C(=O)c1cccc(I)c1. The van der Waals surface area contributed by atoms with Gasteiger partial charge in [0.05, 0.1) is 0 Å². The molecular weight excluding hydrogens is 363 g/mol. The first-order chi connectivity index (χ1) is 9.61. The lowest BCUT2D eigenvalue weighted by Crippen LogP contribution is -2.30. The minimum Gasteiger partial charge on any atom is -0.398 e. The minimum atomic E-state index is 0.0364. The molecule has 0 heterocycles. The number of nitrogens with two attached hydrogens (primary N) is 1. The van der Waals surface area contributed by atoms with E-state index in [1.54, 1.807) is 4.90 Å². The van der Waals surface area contributed by atoms with Gasteiger partial charge in [-0.2, -0.15) is 0 Å². The maximum Gasteiger partial charge on any atom is 0.254 e. The summed E-state index contributed by atoms with van der Waals surface area (Å²) in [5, 5.41) is 0. The summed E-state index contributed by atoms with van der Waals surface area (Å²) in [5.74, 6) is 0.0364. The number of amides is 1. The van der Waals surface area contributed by atoms with Gasteiger partial charge in [0.15, 0.2) is 0 Å². The Morgan fingerprint density at radius 2 is 1.95 bits per heavy atom. The smallest absolute Gasteiger partial charge is 0.254 e.